The number of likely N-dealkylation sites (N-methyl/N-ethyl adjacent to an activating group) is 1. The molecule has 2 aromatic rings. The maximum Gasteiger partial charge on any atom is 0.128 e. The zero-order valence-corrected chi connectivity index (χ0v) is 16.0. The van der Waals surface area contributed by atoms with Crippen molar-refractivity contribution in [2.24, 2.45) is 4.99 Å². The molecule has 0 heterocycles. The predicted octanol–water partition coefficient (Wildman–Crippen LogP) is 3.91. The molecule has 0 saturated heterocycles. The number of phenols is 1. The fourth-order valence-electron chi connectivity index (χ4n) is 2.61. The van der Waals surface area contributed by atoms with Gasteiger partial charge in [-0.1, -0.05) is 19.1 Å². The minimum absolute atomic E-state index is 0.121. The molecule has 1 N–H and O–H groups in total. The van der Waals surface area contributed by atoms with E-state index in [4.69, 9.17) is 9.47 Å². The zero-order chi connectivity index (χ0) is 18.9. The Bertz CT molecular complexity index is 729. The summed E-state index contributed by atoms with van der Waals surface area (Å²) in [6.45, 7) is 3.26. The van der Waals surface area contributed by atoms with E-state index in [1.165, 1.54) is 0 Å². The molecular formula is C21H28N2O3. The standard InChI is InChI=1S/C21H28N2O3/c1-5-11-26-19-10-9-17(21(24)13-19)14-22-15-20(23(2)3)16-7-6-8-18(12-16)25-4/h6-10,12-14,20,24H,5,11,15H2,1-4H3/t20-/m0/s1. The van der Waals surface area contributed by atoms with Crippen LogP contribution in [0, 0.1) is 0 Å². The van der Waals surface area contributed by atoms with E-state index in [0.29, 0.717) is 24.5 Å². The zero-order valence-electron chi connectivity index (χ0n) is 16.0. The van der Waals surface area contributed by atoms with Crippen molar-refractivity contribution in [3.63, 3.8) is 0 Å². The van der Waals surface area contributed by atoms with Gasteiger partial charge in [-0.2, -0.15) is 0 Å². The molecular weight excluding hydrogens is 328 g/mol. The highest BCUT2D eigenvalue weighted by atomic mass is 16.5. The molecule has 0 amide bonds. The molecule has 0 saturated carbocycles. The summed E-state index contributed by atoms with van der Waals surface area (Å²) >= 11 is 0. The smallest absolute Gasteiger partial charge is 0.128 e. The summed E-state index contributed by atoms with van der Waals surface area (Å²) in [5, 5.41) is 10.2. The van der Waals surface area contributed by atoms with E-state index in [2.05, 4.69) is 16.0 Å². The summed E-state index contributed by atoms with van der Waals surface area (Å²) in [5.74, 6) is 1.67. The van der Waals surface area contributed by atoms with Gasteiger partial charge in [0, 0.05) is 17.8 Å². The summed E-state index contributed by atoms with van der Waals surface area (Å²) in [4.78, 5) is 6.66. The molecule has 0 aromatic heterocycles. The first-order valence-corrected chi connectivity index (χ1v) is 8.81. The average molecular weight is 356 g/mol. The minimum atomic E-state index is 0.121. The van der Waals surface area contributed by atoms with Crippen molar-refractivity contribution in [1.29, 1.82) is 0 Å². The first-order chi connectivity index (χ1) is 12.5. The Morgan fingerprint density at radius 3 is 2.62 bits per heavy atom. The van der Waals surface area contributed by atoms with Crippen LogP contribution < -0.4 is 9.47 Å². The average Bonchev–Trinajstić information content (AvgIpc) is 2.64. The largest absolute Gasteiger partial charge is 0.507 e. The third-order valence-corrected chi connectivity index (χ3v) is 4.09. The Morgan fingerprint density at radius 2 is 1.96 bits per heavy atom. The lowest BCUT2D eigenvalue weighted by Gasteiger charge is -2.23. The molecule has 0 bridgehead atoms. The molecule has 5 heteroatoms. The second-order valence-electron chi connectivity index (χ2n) is 6.32. The van der Waals surface area contributed by atoms with Gasteiger partial charge < -0.3 is 19.5 Å². The molecule has 5 nitrogen and oxygen atoms in total. The van der Waals surface area contributed by atoms with Crippen LogP contribution in [0.3, 0.4) is 0 Å². The van der Waals surface area contributed by atoms with Crippen LogP contribution in [0.5, 0.6) is 17.2 Å². The summed E-state index contributed by atoms with van der Waals surface area (Å²) in [7, 11) is 5.71. The van der Waals surface area contributed by atoms with Crippen LogP contribution in [0.2, 0.25) is 0 Å². The Balaban J connectivity index is 2.08. The van der Waals surface area contributed by atoms with Crippen molar-refractivity contribution in [2.45, 2.75) is 19.4 Å². The fraction of sp³-hybridized carbons (Fsp3) is 0.381. The summed E-state index contributed by atoms with van der Waals surface area (Å²) in [6.07, 6.45) is 2.63. The third-order valence-electron chi connectivity index (χ3n) is 4.09. The topological polar surface area (TPSA) is 54.3 Å². The van der Waals surface area contributed by atoms with E-state index in [1.807, 2.05) is 51.4 Å². The van der Waals surface area contributed by atoms with Crippen molar-refractivity contribution in [1.82, 2.24) is 4.90 Å². The van der Waals surface area contributed by atoms with Gasteiger partial charge in [-0.25, -0.2) is 0 Å². The number of aromatic hydroxyl groups is 1. The molecule has 140 valence electrons. The lowest BCUT2D eigenvalue weighted by Crippen LogP contribution is -2.22. The van der Waals surface area contributed by atoms with Crippen molar-refractivity contribution in [2.75, 3.05) is 34.4 Å². The van der Waals surface area contributed by atoms with Crippen LogP contribution in [-0.2, 0) is 0 Å². The maximum absolute atomic E-state index is 10.2. The van der Waals surface area contributed by atoms with Gasteiger partial charge in [-0.05, 0) is 50.3 Å². The van der Waals surface area contributed by atoms with Gasteiger partial charge in [0.05, 0.1) is 26.3 Å². The highest BCUT2D eigenvalue weighted by molar-refractivity contribution is 5.83. The molecule has 1 atom stereocenters. The van der Waals surface area contributed by atoms with Gasteiger partial charge in [-0.3, -0.25) is 4.99 Å². The number of hydrogen-bond acceptors (Lipinski definition) is 5. The number of aliphatic imine (C=N–C) groups is 1. The lowest BCUT2D eigenvalue weighted by atomic mass is 10.1. The van der Waals surface area contributed by atoms with Crippen molar-refractivity contribution in [3.8, 4) is 17.2 Å². The van der Waals surface area contributed by atoms with Crippen LogP contribution in [0.15, 0.2) is 47.5 Å². The van der Waals surface area contributed by atoms with Crippen LogP contribution in [0.4, 0.5) is 0 Å². The second-order valence-corrected chi connectivity index (χ2v) is 6.32. The van der Waals surface area contributed by atoms with Gasteiger partial charge in [0.1, 0.15) is 17.2 Å². The highest BCUT2D eigenvalue weighted by Crippen LogP contribution is 2.24. The predicted molar refractivity (Wildman–Crippen MR) is 106 cm³/mol. The molecule has 0 aliphatic carbocycles. The van der Waals surface area contributed by atoms with Crippen molar-refractivity contribution >= 4 is 6.21 Å². The second kappa shape index (κ2) is 9.82. The number of hydrogen-bond donors (Lipinski definition) is 1. The third kappa shape index (κ3) is 5.49. The van der Waals surface area contributed by atoms with Gasteiger partial charge in [0.15, 0.2) is 0 Å². The normalized spacial score (nSPS) is 12.5. The number of methoxy groups -OCH3 is 1. The molecule has 2 rings (SSSR count). The maximum atomic E-state index is 10.2. The van der Waals surface area contributed by atoms with Crippen LogP contribution in [0.25, 0.3) is 0 Å². The number of nitrogens with zero attached hydrogens (tertiary/aromatic N) is 2. The van der Waals surface area contributed by atoms with E-state index < -0.39 is 0 Å². The molecule has 0 unspecified atom stereocenters. The monoisotopic (exact) mass is 356 g/mol. The van der Waals surface area contributed by atoms with Crippen molar-refractivity contribution < 1.29 is 14.6 Å². The van der Waals surface area contributed by atoms with E-state index in [1.54, 1.807) is 19.4 Å². The van der Waals surface area contributed by atoms with E-state index in [0.717, 1.165) is 17.7 Å². The fourth-order valence-corrected chi connectivity index (χ4v) is 2.61. The Morgan fingerprint density at radius 1 is 1.15 bits per heavy atom. The number of benzene rings is 2. The van der Waals surface area contributed by atoms with Crippen LogP contribution in [0.1, 0.15) is 30.5 Å². The number of phenolic OH excluding ortho intramolecular Hbond substituents is 1. The first-order valence-electron chi connectivity index (χ1n) is 8.81. The molecule has 2 aromatic carbocycles. The van der Waals surface area contributed by atoms with E-state index in [-0.39, 0.29) is 11.8 Å². The van der Waals surface area contributed by atoms with Gasteiger partial charge in [0.25, 0.3) is 0 Å². The summed E-state index contributed by atoms with van der Waals surface area (Å²) in [5.41, 5.74) is 1.82. The first kappa shape index (κ1) is 19.8. The number of ether oxygens (including phenoxy) is 2. The van der Waals surface area contributed by atoms with E-state index in [9.17, 15) is 5.11 Å². The highest BCUT2D eigenvalue weighted by Gasteiger charge is 2.14. The molecule has 0 spiro atoms. The van der Waals surface area contributed by atoms with Gasteiger partial charge in [0.2, 0.25) is 0 Å². The van der Waals surface area contributed by atoms with Crippen molar-refractivity contribution in [3.05, 3.63) is 53.6 Å². The lowest BCUT2D eigenvalue weighted by molar-refractivity contribution is 0.305. The van der Waals surface area contributed by atoms with Crippen LogP contribution in [-0.4, -0.2) is 50.6 Å². The van der Waals surface area contributed by atoms with E-state index >= 15 is 0 Å². The summed E-state index contributed by atoms with van der Waals surface area (Å²) < 4.78 is 10.8. The minimum Gasteiger partial charge on any atom is -0.507 e. The molecule has 26 heavy (non-hydrogen) atoms. The molecule has 0 radical (unpaired) electrons. The van der Waals surface area contributed by atoms with Crippen LogP contribution >= 0.6 is 0 Å². The van der Waals surface area contributed by atoms with Gasteiger partial charge in [-0.15, -0.1) is 0 Å². The SMILES string of the molecule is CCCOc1ccc(C=NC[C@@H](c2cccc(OC)c2)N(C)C)c(O)c1. The molecule has 0 fully saturated rings. The molecule has 0 aliphatic rings. The molecule has 0 aliphatic heterocycles. The Labute approximate surface area is 155 Å². The quantitative estimate of drug-likeness (QED) is 0.692. The summed E-state index contributed by atoms with van der Waals surface area (Å²) in [6, 6.07) is 13.4. The van der Waals surface area contributed by atoms with Gasteiger partial charge >= 0.3 is 0 Å². The number of rotatable bonds is 9. The Kier molecular flexibility index (Phi) is 7.48. The Hall–Kier alpha value is -2.53.